The van der Waals surface area contributed by atoms with Gasteiger partial charge in [-0.15, -0.1) is 0 Å². The second-order valence-corrected chi connectivity index (χ2v) is 5.50. The van der Waals surface area contributed by atoms with Crippen molar-refractivity contribution in [2.24, 2.45) is 0 Å². The lowest BCUT2D eigenvalue weighted by Crippen LogP contribution is -2.10. The van der Waals surface area contributed by atoms with E-state index in [9.17, 15) is 13.6 Å². The first-order valence-electron chi connectivity index (χ1n) is 7.53. The summed E-state index contributed by atoms with van der Waals surface area (Å²) in [7, 11) is 1.17. The standard InChI is InChI=1S/C18H17ClF2O4/c1-3-11-7-8-15(12(9-11)17(20)21)24-10-13-14(19)5-4-6-16(13)25-18(22)23-2/h4-9,17H,3,10H2,1-2H3. The predicted octanol–water partition coefficient (Wildman–Crippen LogP) is 5.56. The molecule has 0 aliphatic carbocycles. The van der Waals surface area contributed by atoms with Crippen molar-refractivity contribution in [2.75, 3.05) is 7.11 Å². The maximum atomic E-state index is 13.3. The Kier molecular flexibility index (Phi) is 6.58. The third kappa shape index (κ3) is 4.82. The minimum Gasteiger partial charge on any atom is -0.488 e. The number of carbonyl (C=O) groups is 1. The van der Waals surface area contributed by atoms with Crippen LogP contribution in [0.1, 0.15) is 30.0 Å². The number of rotatable bonds is 6. The molecule has 25 heavy (non-hydrogen) atoms. The molecule has 2 rings (SSSR count). The number of benzene rings is 2. The molecule has 0 aliphatic heterocycles. The molecule has 0 aliphatic rings. The van der Waals surface area contributed by atoms with Gasteiger partial charge in [0, 0.05) is 0 Å². The molecule has 0 atom stereocenters. The average molecular weight is 371 g/mol. The largest absolute Gasteiger partial charge is 0.513 e. The Bertz CT molecular complexity index is 750. The highest BCUT2D eigenvalue weighted by atomic mass is 35.5. The summed E-state index contributed by atoms with van der Waals surface area (Å²) in [6, 6.07) is 9.31. The van der Waals surface area contributed by atoms with Crippen molar-refractivity contribution < 1.29 is 27.8 Å². The highest BCUT2D eigenvalue weighted by Crippen LogP contribution is 2.33. The van der Waals surface area contributed by atoms with Crippen LogP contribution in [0.15, 0.2) is 36.4 Å². The van der Waals surface area contributed by atoms with Crippen LogP contribution in [0.4, 0.5) is 13.6 Å². The van der Waals surface area contributed by atoms with Crippen LogP contribution in [0, 0.1) is 0 Å². The lowest BCUT2D eigenvalue weighted by molar-refractivity contribution is 0.120. The molecule has 0 aromatic heterocycles. The Morgan fingerprint density at radius 1 is 1.20 bits per heavy atom. The first-order valence-corrected chi connectivity index (χ1v) is 7.91. The zero-order chi connectivity index (χ0) is 18.4. The number of hydrogen-bond donors (Lipinski definition) is 0. The van der Waals surface area contributed by atoms with E-state index in [-0.39, 0.29) is 28.7 Å². The molecule has 7 heteroatoms. The lowest BCUT2D eigenvalue weighted by atomic mass is 10.1. The molecule has 4 nitrogen and oxygen atoms in total. The van der Waals surface area contributed by atoms with Crippen LogP contribution in [-0.2, 0) is 17.8 Å². The van der Waals surface area contributed by atoms with Crippen LogP contribution < -0.4 is 9.47 Å². The summed E-state index contributed by atoms with van der Waals surface area (Å²) in [4.78, 5) is 11.3. The molecule has 0 bridgehead atoms. The molecule has 0 heterocycles. The van der Waals surface area contributed by atoms with E-state index in [1.54, 1.807) is 18.2 Å². The molecule has 0 N–H and O–H groups in total. The van der Waals surface area contributed by atoms with E-state index >= 15 is 0 Å². The predicted molar refractivity (Wildman–Crippen MR) is 89.6 cm³/mol. The number of ether oxygens (including phenoxy) is 3. The second kappa shape index (κ2) is 8.67. The maximum Gasteiger partial charge on any atom is 0.513 e. The number of halogens is 3. The molecule has 0 amide bonds. The van der Waals surface area contributed by atoms with Gasteiger partial charge in [-0.05, 0) is 36.2 Å². The van der Waals surface area contributed by atoms with Gasteiger partial charge in [0.15, 0.2) is 0 Å². The molecule has 134 valence electrons. The smallest absolute Gasteiger partial charge is 0.488 e. The molecule has 2 aromatic carbocycles. The van der Waals surface area contributed by atoms with Crippen molar-refractivity contribution >= 4 is 17.8 Å². The van der Waals surface area contributed by atoms with Gasteiger partial charge >= 0.3 is 6.16 Å². The Morgan fingerprint density at radius 2 is 1.96 bits per heavy atom. The van der Waals surface area contributed by atoms with Crippen molar-refractivity contribution in [1.29, 1.82) is 0 Å². The first-order chi connectivity index (χ1) is 12.0. The van der Waals surface area contributed by atoms with Gasteiger partial charge in [0.2, 0.25) is 0 Å². The van der Waals surface area contributed by atoms with Crippen LogP contribution in [0.2, 0.25) is 5.02 Å². The number of hydrogen-bond acceptors (Lipinski definition) is 4. The molecular weight excluding hydrogens is 354 g/mol. The highest BCUT2D eigenvalue weighted by Gasteiger charge is 2.17. The quantitative estimate of drug-likeness (QED) is 0.493. The van der Waals surface area contributed by atoms with E-state index in [2.05, 4.69) is 4.74 Å². The van der Waals surface area contributed by atoms with Crippen LogP contribution in [0.5, 0.6) is 11.5 Å². The first kappa shape index (κ1) is 19.0. The Labute approximate surface area is 149 Å². The van der Waals surface area contributed by atoms with E-state index < -0.39 is 12.6 Å². The van der Waals surface area contributed by atoms with E-state index in [0.717, 1.165) is 5.56 Å². The fourth-order valence-corrected chi connectivity index (χ4v) is 2.40. The summed E-state index contributed by atoms with van der Waals surface area (Å²) < 4.78 is 41.5. The van der Waals surface area contributed by atoms with Gasteiger partial charge in [-0.2, -0.15) is 0 Å². The zero-order valence-electron chi connectivity index (χ0n) is 13.7. The van der Waals surface area contributed by atoms with Gasteiger partial charge in [0.25, 0.3) is 6.43 Å². The SMILES string of the molecule is CCc1ccc(OCc2c(Cl)cccc2OC(=O)OC)c(C(F)F)c1. The average Bonchev–Trinajstić information content (AvgIpc) is 2.60. The van der Waals surface area contributed by atoms with Crippen LogP contribution >= 0.6 is 11.6 Å². The molecule has 0 radical (unpaired) electrons. The van der Waals surface area contributed by atoms with E-state index in [0.29, 0.717) is 12.0 Å². The van der Waals surface area contributed by atoms with Crippen molar-refractivity contribution in [3.05, 3.63) is 58.1 Å². The third-order valence-electron chi connectivity index (χ3n) is 3.53. The fourth-order valence-electron chi connectivity index (χ4n) is 2.18. The molecule has 0 saturated carbocycles. The number of alkyl halides is 2. The van der Waals surface area contributed by atoms with E-state index in [1.165, 1.54) is 25.3 Å². The van der Waals surface area contributed by atoms with Gasteiger partial charge in [-0.1, -0.05) is 30.7 Å². The lowest BCUT2D eigenvalue weighted by Gasteiger charge is -2.15. The fraction of sp³-hybridized carbons (Fsp3) is 0.278. The summed E-state index contributed by atoms with van der Waals surface area (Å²) in [5.41, 5.74) is 0.950. The second-order valence-electron chi connectivity index (χ2n) is 5.09. The van der Waals surface area contributed by atoms with E-state index in [1.807, 2.05) is 6.92 Å². The number of carbonyl (C=O) groups excluding carboxylic acids is 1. The van der Waals surface area contributed by atoms with Crippen LogP contribution in [0.25, 0.3) is 0 Å². The van der Waals surface area contributed by atoms with Crippen molar-refractivity contribution in [2.45, 2.75) is 26.4 Å². The van der Waals surface area contributed by atoms with Crippen molar-refractivity contribution in [1.82, 2.24) is 0 Å². The normalized spacial score (nSPS) is 10.6. The summed E-state index contributed by atoms with van der Waals surface area (Å²) in [5, 5.41) is 0.283. The highest BCUT2D eigenvalue weighted by molar-refractivity contribution is 6.31. The van der Waals surface area contributed by atoms with Gasteiger partial charge in [-0.3, -0.25) is 0 Å². The van der Waals surface area contributed by atoms with Crippen LogP contribution in [-0.4, -0.2) is 13.3 Å². The van der Waals surface area contributed by atoms with Gasteiger partial charge in [0.1, 0.15) is 18.1 Å². The van der Waals surface area contributed by atoms with Crippen molar-refractivity contribution in [3.8, 4) is 11.5 Å². The molecular formula is C18H17ClF2O4. The molecule has 2 aromatic rings. The van der Waals surface area contributed by atoms with Crippen molar-refractivity contribution in [3.63, 3.8) is 0 Å². The minimum atomic E-state index is -2.67. The Hall–Kier alpha value is -2.34. The molecule has 0 spiro atoms. The summed E-state index contributed by atoms with van der Waals surface area (Å²) >= 11 is 6.11. The minimum absolute atomic E-state index is 0.0520. The molecule has 0 fully saturated rings. The molecule has 0 unspecified atom stereocenters. The summed E-state index contributed by atoms with van der Waals surface area (Å²) in [6.45, 7) is 1.74. The Morgan fingerprint density at radius 3 is 2.60 bits per heavy atom. The van der Waals surface area contributed by atoms with E-state index in [4.69, 9.17) is 21.1 Å². The number of methoxy groups -OCH3 is 1. The topological polar surface area (TPSA) is 44.8 Å². The van der Waals surface area contributed by atoms with Gasteiger partial charge in [0.05, 0.1) is 23.3 Å². The Balaban J connectivity index is 2.26. The number of aryl methyl sites for hydroxylation is 1. The maximum absolute atomic E-state index is 13.3. The van der Waals surface area contributed by atoms with Gasteiger partial charge < -0.3 is 14.2 Å². The summed E-state index contributed by atoms with van der Waals surface area (Å²) in [5.74, 6) is 0.194. The zero-order valence-corrected chi connectivity index (χ0v) is 14.5. The van der Waals surface area contributed by atoms with Crippen LogP contribution in [0.3, 0.4) is 0 Å². The molecule has 0 saturated heterocycles. The van der Waals surface area contributed by atoms with Gasteiger partial charge in [-0.25, -0.2) is 13.6 Å². The monoisotopic (exact) mass is 370 g/mol. The summed E-state index contributed by atoms with van der Waals surface area (Å²) in [6.07, 6.45) is -2.94. The third-order valence-corrected chi connectivity index (χ3v) is 3.88.